The fraction of sp³-hybridized carbons (Fsp3) is 0.476. The summed E-state index contributed by atoms with van der Waals surface area (Å²) in [5.41, 5.74) is -1.32. The molecule has 0 unspecified atom stereocenters. The van der Waals surface area contributed by atoms with Gasteiger partial charge in [-0.05, 0) is 32.8 Å². The SMILES string of the molecule is CC(=O)[C@H]1C2=C(CC[C@@]1(O)CC1(C)OCCO1)C(=O)c1c(O)cccc1C2=O. The second kappa shape index (κ2) is 6.34. The molecule has 1 saturated heterocycles. The third-order valence-electron chi connectivity index (χ3n) is 5.92. The lowest BCUT2D eigenvalue weighted by molar-refractivity contribution is -0.192. The Labute approximate surface area is 161 Å². The number of ketones is 3. The molecular weight excluding hydrogens is 364 g/mol. The molecule has 7 heteroatoms. The molecule has 1 aromatic carbocycles. The van der Waals surface area contributed by atoms with Crippen molar-refractivity contribution < 1.29 is 34.1 Å². The molecular formula is C21H22O7. The van der Waals surface area contributed by atoms with Gasteiger partial charge in [-0.15, -0.1) is 0 Å². The number of benzene rings is 1. The first kappa shape index (κ1) is 19.0. The lowest BCUT2D eigenvalue weighted by Crippen LogP contribution is -2.52. The largest absolute Gasteiger partial charge is 0.507 e. The molecule has 1 heterocycles. The molecule has 4 rings (SSSR count). The van der Waals surface area contributed by atoms with Crippen LogP contribution in [-0.2, 0) is 14.3 Å². The summed E-state index contributed by atoms with van der Waals surface area (Å²) in [7, 11) is 0. The average Bonchev–Trinajstić information content (AvgIpc) is 3.04. The van der Waals surface area contributed by atoms with Crippen molar-refractivity contribution in [2.45, 2.75) is 44.5 Å². The highest BCUT2D eigenvalue weighted by Gasteiger charge is 2.54. The van der Waals surface area contributed by atoms with Crippen LogP contribution in [0, 0.1) is 5.92 Å². The van der Waals surface area contributed by atoms with Gasteiger partial charge in [-0.3, -0.25) is 14.4 Å². The van der Waals surface area contributed by atoms with Crippen LogP contribution in [0.5, 0.6) is 5.75 Å². The second-order valence-electron chi connectivity index (χ2n) is 7.90. The van der Waals surface area contributed by atoms with Crippen LogP contribution in [-0.4, -0.2) is 52.2 Å². The van der Waals surface area contributed by atoms with Gasteiger partial charge in [0.25, 0.3) is 0 Å². The third kappa shape index (κ3) is 2.73. The van der Waals surface area contributed by atoms with Gasteiger partial charge in [0, 0.05) is 23.1 Å². The molecule has 1 aromatic rings. The van der Waals surface area contributed by atoms with Crippen molar-refractivity contribution in [1.82, 2.24) is 0 Å². The highest BCUT2D eigenvalue weighted by Crippen LogP contribution is 2.48. The summed E-state index contributed by atoms with van der Waals surface area (Å²) in [6, 6.07) is 4.28. The van der Waals surface area contributed by atoms with Crippen LogP contribution in [0.25, 0.3) is 0 Å². The smallest absolute Gasteiger partial charge is 0.193 e. The van der Waals surface area contributed by atoms with Crippen LogP contribution in [0.1, 0.15) is 53.8 Å². The molecule has 148 valence electrons. The number of phenols is 1. The minimum absolute atomic E-state index is 0.00932. The van der Waals surface area contributed by atoms with Crippen molar-refractivity contribution in [3.05, 3.63) is 40.5 Å². The van der Waals surface area contributed by atoms with Gasteiger partial charge < -0.3 is 19.7 Å². The van der Waals surface area contributed by atoms with Gasteiger partial charge >= 0.3 is 0 Å². The fourth-order valence-electron chi connectivity index (χ4n) is 4.82. The van der Waals surface area contributed by atoms with Crippen LogP contribution in [0.15, 0.2) is 29.3 Å². The van der Waals surface area contributed by atoms with Gasteiger partial charge in [0.15, 0.2) is 17.4 Å². The summed E-state index contributed by atoms with van der Waals surface area (Å²) in [6.45, 7) is 3.77. The van der Waals surface area contributed by atoms with Crippen molar-refractivity contribution in [1.29, 1.82) is 0 Å². The molecule has 2 atom stereocenters. The zero-order chi connectivity index (χ0) is 20.3. The Bertz CT molecular complexity index is 923. The minimum atomic E-state index is -1.58. The van der Waals surface area contributed by atoms with E-state index in [-0.39, 0.29) is 47.3 Å². The quantitative estimate of drug-likeness (QED) is 0.817. The summed E-state index contributed by atoms with van der Waals surface area (Å²) in [5.74, 6) is -3.84. The topological polar surface area (TPSA) is 110 Å². The number of aliphatic hydroxyl groups is 1. The minimum Gasteiger partial charge on any atom is -0.507 e. The maximum atomic E-state index is 13.2. The van der Waals surface area contributed by atoms with Gasteiger partial charge in [-0.1, -0.05) is 12.1 Å². The summed E-state index contributed by atoms with van der Waals surface area (Å²) in [6.07, 6.45) is 0.250. The summed E-state index contributed by atoms with van der Waals surface area (Å²) in [5, 5.41) is 21.5. The van der Waals surface area contributed by atoms with E-state index in [1.807, 2.05) is 0 Å². The number of carbonyl (C=O) groups excluding carboxylic acids is 3. The van der Waals surface area contributed by atoms with Crippen molar-refractivity contribution in [2.75, 3.05) is 13.2 Å². The van der Waals surface area contributed by atoms with Crippen molar-refractivity contribution in [2.24, 2.45) is 5.92 Å². The molecule has 1 aliphatic heterocycles. The highest BCUT2D eigenvalue weighted by molar-refractivity contribution is 6.29. The lowest BCUT2D eigenvalue weighted by Gasteiger charge is -2.44. The predicted molar refractivity (Wildman–Crippen MR) is 97.1 cm³/mol. The number of Topliss-reactive ketones (excluding diaryl/α,β-unsaturated/α-hetero) is 3. The lowest BCUT2D eigenvalue weighted by atomic mass is 9.63. The Morgan fingerprint density at radius 3 is 2.54 bits per heavy atom. The Balaban J connectivity index is 1.82. The molecule has 0 radical (unpaired) electrons. The molecule has 7 nitrogen and oxygen atoms in total. The number of carbonyl (C=O) groups is 3. The van der Waals surface area contributed by atoms with E-state index in [0.717, 1.165) is 0 Å². The Morgan fingerprint density at radius 2 is 1.89 bits per heavy atom. The zero-order valence-corrected chi connectivity index (χ0v) is 15.8. The number of fused-ring (bicyclic) bond motifs is 1. The Kier molecular flexibility index (Phi) is 4.30. The van der Waals surface area contributed by atoms with Crippen LogP contribution < -0.4 is 0 Å². The first-order chi connectivity index (χ1) is 13.2. The van der Waals surface area contributed by atoms with E-state index in [4.69, 9.17) is 9.47 Å². The number of rotatable bonds is 3. The van der Waals surface area contributed by atoms with Gasteiger partial charge in [-0.2, -0.15) is 0 Å². The molecule has 0 saturated carbocycles. The summed E-state index contributed by atoms with van der Waals surface area (Å²) in [4.78, 5) is 38.8. The van der Waals surface area contributed by atoms with Gasteiger partial charge in [0.05, 0.1) is 30.3 Å². The van der Waals surface area contributed by atoms with E-state index < -0.39 is 34.7 Å². The Hall–Kier alpha value is -2.35. The van der Waals surface area contributed by atoms with E-state index >= 15 is 0 Å². The number of aromatic hydroxyl groups is 1. The van der Waals surface area contributed by atoms with Crippen LogP contribution in [0.4, 0.5) is 0 Å². The van der Waals surface area contributed by atoms with E-state index in [2.05, 4.69) is 0 Å². The van der Waals surface area contributed by atoms with E-state index in [0.29, 0.717) is 13.2 Å². The molecule has 0 bridgehead atoms. The van der Waals surface area contributed by atoms with Gasteiger partial charge in [-0.25, -0.2) is 0 Å². The molecule has 0 amide bonds. The average molecular weight is 386 g/mol. The second-order valence-corrected chi connectivity index (χ2v) is 7.90. The zero-order valence-electron chi connectivity index (χ0n) is 15.8. The maximum Gasteiger partial charge on any atom is 0.193 e. The number of allylic oxidation sites excluding steroid dienone is 1. The van der Waals surface area contributed by atoms with Crippen LogP contribution >= 0.6 is 0 Å². The fourth-order valence-corrected chi connectivity index (χ4v) is 4.82. The van der Waals surface area contributed by atoms with E-state index in [9.17, 15) is 24.6 Å². The van der Waals surface area contributed by atoms with Gasteiger partial charge in [0.1, 0.15) is 11.5 Å². The number of hydrogen-bond acceptors (Lipinski definition) is 7. The first-order valence-electron chi connectivity index (χ1n) is 9.32. The first-order valence-corrected chi connectivity index (χ1v) is 9.32. The van der Waals surface area contributed by atoms with Crippen molar-refractivity contribution in [3.63, 3.8) is 0 Å². The molecule has 28 heavy (non-hydrogen) atoms. The molecule has 0 aromatic heterocycles. The predicted octanol–water partition coefficient (Wildman–Crippen LogP) is 1.95. The maximum absolute atomic E-state index is 13.2. The standard InChI is InChI=1S/C21H22O7/c1-11(22)17-16-13(6-7-21(17,26)10-20(2)27-8-9-28-20)18(24)15-12(19(16)25)4-3-5-14(15)23/h3-5,17,23,26H,6-10H2,1-2H3/t17-,21+/m0/s1. The summed E-state index contributed by atoms with van der Waals surface area (Å²) >= 11 is 0. The van der Waals surface area contributed by atoms with Gasteiger partial charge in [0.2, 0.25) is 0 Å². The number of hydrogen-bond donors (Lipinski definition) is 2. The molecule has 3 aliphatic rings. The van der Waals surface area contributed by atoms with Crippen LogP contribution in [0.3, 0.4) is 0 Å². The number of phenolic OH excluding ortho intramolecular Hbond substituents is 1. The third-order valence-corrected chi connectivity index (χ3v) is 5.92. The van der Waals surface area contributed by atoms with Crippen LogP contribution in [0.2, 0.25) is 0 Å². The monoisotopic (exact) mass is 386 g/mol. The van der Waals surface area contributed by atoms with E-state index in [1.54, 1.807) is 6.92 Å². The molecule has 2 aliphatic carbocycles. The molecule has 2 N–H and O–H groups in total. The molecule has 0 spiro atoms. The van der Waals surface area contributed by atoms with Crippen molar-refractivity contribution >= 4 is 17.3 Å². The highest BCUT2D eigenvalue weighted by atomic mass is 16.7. The van der Waals surface area contributed by atoms with E-state index in [1.165, 1.54) is 25.1 Å². The number of ether oxygens (including phenoxy) is 2. The van der Waals surface area contributed by atoms with Crippen molar-refractivity contribution in [3.8, 4) is 5.75 Å². The summed E-state index contributed by atoms with van der Waals surface area (Å²) < 4.78 is 11.2. The molecule has 1 fully saturated rings. The Morgan fingerprint density at radius 1 is 1.21 bits per heavy atom. The normalized spacial score (nSPS) is 28.9.